The summed E-state index contributed by atoms with van der Waals surface area (Å²) in [6.45, 7) is 3.27. The molecule has 1 rings (SSSR count). The van der Waals surface area contributed by atoms with E-state index in [-0.39, 0.29) is 12.2 Å². The van der Waals surface area contributed by atoms with E-state index in [1.807, 2.05) is 0 Å². The zero-order valence-corrected chi connectivity index (χ0v) is 5.89. The normalized spacial score (nSPS) is 32.7. The summed E-state index contributed by atoms with van der Waals surface area (Å²) in [5.41, 5.74) is 0.101. The summed E-state index contributed by atoms with van der Waals surface area (Å²) in [5, 5.41) is 8.59. The average Bonchev–Trinajstić information content (AvgIpc) is 2.51. The van der Waals surface area contributed by atoms with Crippen LogP contribution in [-0.4, -0.2) is 23.9 Å². The van der Waals surface area contributed by atoms with Crippen molar-refractivity contribution in [3.8, 4) is 0 Å². The van der Waals surface area contributed by atoms with Gasteiger partial charge < -0.3 is 9.84 Å². The van der Waals surface area contributed by atoms with Gasteiger partial charge in [0.15, 0.2) is 0 Å². The van der Waals surface area contributed by atoms with Crippen LogP contribution in [0.15, 0.2) is 0 Å². The molecule has 2 nitrogen and oxygen atoms in total. The predicted octanol–water partition coefficient (Wildman–Crippen LogP) is 0.938. The van der Waals surface area contributed by atoms with Crippen molar-refractivity contribution in [3.05, 3.63) is 0 Å². The minimum Gasteiger partial charge on any atom is -0.396 e. The first-order valence-electron chi connectivity index (χ1n) is 3.58. The van der Waals surface area contributed by atoms with Crippen LogP contribution in [0.1, 0.15) is 26.2 Å². The van der Waals surface area contributed by atoms with Crippen LogP contribution in [0.25, 0.3) is 0 Å². The lowest BCUT2D eigenvalue weighted by atomic mass is 10.0. The Labute approximate surface area is 55.8 Å². The van der Waals surface area contributed by atoms with E-state index < -0.39 is 0 Å². The fourth-order valence-electron chi connectivity index (χ4n) is 1.18. The van der Waals surface area contributed by atoms with Crippen molar-refractivity contribution in [3.63, 3.8) is 0 Å². The van der Waals surface area contributed by atoms with Crippen molar-refractivity contribution >= 4 is 0 Å². The fourth-order valence-corrected chi connectivity index (χ4v) is 1.18. The lowest BCUT2D eigenvalue weighted by molar-refractivity contribution is 0.205. The van der Waals surface area contributed by atoms with Gasteiger partial charge in [0.05, 0.1) is 12.2 Å². The largest absolute Gasteiger partial charge is 0.396 e. The van der Waals surface area contributed by atoms with Gasteiger partial charge in [-0.05, 0) is 6.42 Å². The Morgan fingerprint density at radius 2 is 2.22 bits per heavy atom. The first-order valence-corrected chi connectivity index (χ1v) is 3.58. The number of aliphatic hydroxyl groups excluding tert-OH is 1. The summed E-state index contributed by atoms with van der Waals surface area (Å²) in [6.07, 6.45) is 3.08. The predicted molar refractivity (Wildman–Crippen MR) is 35.3 cm³/mol. The number of hydrogen-bond donors (Lipinski definition) is 1. The monoisotopic (exact) mass is 130 g/mol. The molecule has 0 bridgehead atoms. The molecule has 1 N–H and O–H groups in total. The Hall–Kier alpha value is -0.0800. The molecule has 0 spiro atoms. The van der Waals surface area contributed by atoms with E-state index >= 15 is 0 Å². The van der Waals surface area contributed by atoms with Gasteiger partial charge in [-0.25, -0.2) is 0 Å². The molecule has 9 heavy (non-hydrogen) atoms. The molecular weight excluding hydrogens is 116 g/mol. The molecule has 0 radical (unpaired) electrons. The molecule has 0 aliphatic carbocycles. The van der Waals surface area contributed by atoms with Crippen molar-refractivity contribution in [1.29, 1.82) is 0 Å². The Kier molecular flexibility index (Phi) is 2.09. The summed E-state index contributed by atoms with van der Waals surface area (Å²) in [5.74, 6) is 0. The van der Waals surface area contributed by atoms with Crippen LogP contribution in [-0.2, 0) is 4.74 Å². The van der Waals surface area contributed by atoms with Gasteiger partial charge >= 0.3 is 0 Å². The van der Waals surface area contributed by atoms with Crippen LogP contribution >= 0.6 is 0 Å². The van der Waals surface area contributed by atoms with Crippen LogP contribution in [0.3, 0.4) is 0 Å². The second kappa shape index (κ2) is 2.67. The van der Waals surface area contributed by atoms with Crippen molar-refractivity contribution in [2.75, 3.05) is 13.2 Å². The quantitative estimate of drug-likeness (QED) is 0.574. The van der Waals surface area contributed by atoms with E-state index in [4.69, 9.17) is 9.84 Å². The topological polar surface area (TPSA) is 32.8 Å². The molecule has 2 heteroatoms. The number of hydrogen-bond acceptors (Lipinski definition) is 2. The summed E-state index contributed by atoms with van der Waals surface area (Å²) in [4.78, 5) is 0. The van der Waals surface area contributed by atoms with Gasteiger partial charge in [0.1, 0.15) is 0 Å². The number of ether oxygens (including phenoxy) is 1. The first-order chi connectivity index (χ1) is 4.33. The molecule has 54 valence electrons. The third kappa shape index (κ3) is 1.66. The van der Waals surface area contributed by atoms with Crippen molar-refractivity contribution in [2.45, 2.75) is 31.8 Å². The van der Waals surface area contributed by atoms with Crippen LogP contribution < -0.4 is 0 Å². The summed E-state index contributed by atoms with van der Waals surface area (Å²) in [7, 11) is 0. The Morgan fingerprint density at radius 1 is 1.56 bits per heavy atom. The highest BCUT2D eigenvalue weighted by Crippen LogP contribution is 2.35. The zero-order chi connectivity index (χ0) is 6.74. The molecular formula is C7H14O2. The van der Waals surface area contributed by atoms with Gasteiger partial charge in [-0.3, -0.25) is 0 Å². The van der Waals surface area contributed by atoms with Gasteiger partial charge in [-0.15, -0.1) is 0 Å². The van der Waals surface area contributed by atoms with Crippen molar-refractivity contribution in [2.24, 2.45) is 0 Å². The number of epoxide rings is 1. The van der Waals surface area contributed by atoms with E-state index in [1.165, 1.54) is 0 Å². The molecule has 0 aromatic rings. The van der Waals surface area contributed by atoms with Gasteiger partial charge in [0.25, 0.3) is 0 Å². The van der Waals surface area contributed by atoms with Crippen LogP contribution in [0.2, 0.25) is 0 Å². The Morgan fingerprint density at radius 3 is 2.56 bits per heavy atom. The maximum absolute atomic E-state index is 8.59. The van der Waals surface area contributed by atoms with Crippen LogP contribution in [0.4, 0.5) is 0 Å². The third-order valence-corrected chi connectivity index (χ3v) is 1.83. The molecule has 0 amide bonds. The SMILES string of the molecule is CCCC1(CCO)CO1. The first kappa shape index (κ1) is 7.03. The van der Waals surface area contributed by atoms with Crippen molar-refractivity contribution in [1.82, 2.24) is 0 Å². The molecule has 1 unspecified atom stereocenters. The fraction of sp³-hybridized carbons (Fsp3) is 1.00. The van der Waals surface area contributed by atoms with Gasteiger partial charge in [0.2, 0.25) is 0 Å². The third-order valence-electron chi connectivity index (χ3n) is 1.83. The van der Waals surface area contributed by atoms with Crippen LogP contribution in [0, 0.1) is 0 Å². The molecule has 0 saturated carbocycles. The minimum absolute atomic E-state index is 0.101. The highest BCUT2D eigenvalue weighted by Gasteiger charge is 2.42. The molecule has 1 aliphatic rings. The maximum Gasteiger partial charge on any atom is 0.0938 e. The van der Waals surface area contributed by atoms with Gasteiger partial charge in [0, 0.05) is 13.0 Å². The highest BCUT2D eigenvalue weighted by atomic mass is 16.6. The smallest absolute Gasteiger partial charge is 0.0938 e. The molecule has 1 heterocycles. The highest BCUT2D eigenvalue weighted by molar-refractivity contribution is 4.90. The minimum atomic E-state index is 0.101. The molecule has 1 fully saturated rings. The Bertz CT molecular complexity index is 78.9. The average molecular weight is 130 g/mol. The van der Waals surface area contributed by atoms with E-state index in [2.05, 4.69) is 6.92 Å². The van der Waals surface area contributed by atoms with E-state index in [1.54, 1.807) is 0 Å². The molecule has 1 aliphatic heterocycles. The Balaban J connectivity index is 2.17. The molecule has 0 aromatic carbocycles. The van der Waals surface area contributed by atoms with E-state index in [0.29, 0.717) is 0 Å². The summed E-state index contributed by atoms with van der Waals surface area (Å²) < 4.78 is 5.22. The molecule has 1 saturated heterocycles. The summed E-state index contributed by atoms with van der Waals surface area (Å²) >= 11 is 0. The van der Waals surface area contributed by atoms with E-state index in [0.717, 1.165) is 25.9 Å². The zero-order valence-electron chi connectivity index (χ0n) is 5.89. The molecule has 1 atom stereocenters. The van der Waals surface area contributed by atoms with Crippen molar-refractivity contribution < 1.29 is 9.84 Å². The number of aliphatic hydroxyl groups is 1. The lowest BCUT2D eigenvalue weighted by Crippen LogP contribution is -2.12. The lowest BCUT2D eigenvalue weighted by Gasteiger charge is -2.06. The standard InChI is InChI=1S/C7H14O2/c1-2-3-7(4-5-8)6-9-7/h8H,2-6H2,1H3. The maximum atomic E-state index is 8.59. The second-order valence-corrected chi connectivity index (χ2v) is 2.70. The second-order valence-electron chi connectivity index (χ2n) is 2.70. The van der Waals surface area contributed by atoms with E-state index in [9.17, 15) is 0 Å². The summed E-state index contributed by atoms with van der Waals surface area (Å²) in [6, 6.07) is 0. The van der Waals surface area contributed by atoms with Gasteiger partial charge in [-0.2, -0.15) is 0 Å². The van der Waals surface area contributed by atoms with Crippen LogP contribution in [0.5, 0.6) is 0 Å². The number of rotatable bonds is 4. The van der Waals surface area contributed by atoms with Gasteiger partial charge in [-0.1, -0.05) is 13.3 Å². The molecule has 0 aromatic heterocycles.